The van der Waals surface area contributed by atoms with Gasteiger partial charge in [0.05, 0.1) is 6.42 Å². The van der Waals surface area contributed by atoms with Gasteiger partial charge < -0.3 is 10.4 Å². The first-order chi connectivity index (χ1) is 9.13. The minimum absolute atomic E-state index is 0.134. The number of carbonyl (C=O) groups excluding carboxylic acids is 1. The number of aliphatic carboxylic acids is 1. The summed E-state index contributed by atoms with van der Waals surface area (Å²) >= 11 is 2.75. The summed E-state index contributed by atoms with van der Waals surface area (Å²) in [5.74, 6) is -1.15. The van der Waals surface area contributed by atoms with E-state index in [0.29, 0.717) is 16.4 Å². The first-order valence-corrected chi connectivity index (χ1v) is 7.02. The predicted octanol–water partition coefficient (Wildman–Crippen LogP) is 2.48. The van der Waals surface area contributed by atoms with Crippen molar-refractivity contribution in [1.29, 1.82) is 0 Å². The molecule has 2 rings (SSSR count). The third-order valence-electron chi connectivity index (χ3n) is 2.07. The number of nitrogens with one attached hydrogen (secondary N) is 1. The molecule has 2 heterocycles. The molecule has 0 atom stereocenters. The van der Waals surface area contributed by atoms with Crippen LogP contribution >= 0.6 is 22.7 Å². The minimum atomic E-state index is -1.02. The van der Waals surface area contributed by atoms with Crippen molar-refractivity contribution < 1.29 is 14.7 Å². The lowest BCUT2D eigenvalue weighted by atomic mass is 10.3. The highest BCUT2D eigenvalue weighted by Crippen LogP contribution is 2.20. The number of carbonyl (C=O) groups is 2. The Bertz CT molecular complexity index is 602. The third-order valence-corrected chi connectivity index (χ3v) is 3.83. The zero-order valence-electron chi connectivity index (χ0n) is 9.70. The number of aromatic nitrogens is 1. The van der Waals surface area contributed by atoms with Crippen molar-refractivity contribution in [1.82, 2.24) is 4.98 Å². The average molecular weight is 294 g/mol. The van der Waals surface area contributed by atoms with Crippen LogP contribution in [0, 0.1) is 0 Å². The van der Waals surface area contributed by atoms with E-state index >= 15 is 0 Å². The predicted molar refractivity (Wildman–Crippen MR) is 75.4 cm³/mol. The lowest BCUT2D eigenvalue weighted by Gasteiger charge is -1.98. The number of thiophene rings is 1. The number of hydrogen-bond donors (Lipinski definition) is 2. The van der Waals surface area contributed by atoms with E-state index in [0.717, 1.165) is 11.0 Å². The largest absolute Gasteiger partial charge is 0.478 e. The zero-order valence-corrected chi connectivity index (χ0v) is 11.3. The van der Waals surface area contributed by atoms with Crippen LogP contribution in [-0.4, -0.2) is 22.0 Å². The molecule has 0 radical (unpaired) electrons. The molecule has 2 N–H and O–H groups in total. The number of anilines is 1. The molecular formula is C12H10N2O3S2. The topological polar surface area (TPSA) is 79.3 Å². The quantitative estimate of drug-likeness (QED) is 0.830. The molecule has 1 amide bonds. The number of rotatable bonds is 5. The maximum Gasteiger partial charge on any atom is 0.328 e. The van der Waals surface area contributed by atoms with Crippen molar-refractivity contribution in [2.75, 3.05) is 5.32 Å². The van der Waals surface area contributed by atoms with E-state index < -0.39 is 5.97 Å². The van der Waals surface area contributed by atoms with Gasteiger partial charge in [-0.25, -0.2) is 9.78 Å². The molecule has 0 fully saturated rings. The van der Waals surface area contributed by atoms with Gasteiger partial charge in [-0.2, -0.15) is 0 Å². The van der Waals surface area contributed by atoms with E-state index in [1.54, 1.807) is 0 Å². The maximum atomic E-state index is 11.7. The molecule has 0 aliphatic heterocycles. The van der Waals surface area contributed by atoms with Crippen molar-refractivity contribution in [2.45, 2.75) is 6.42 Å². The molecule has 0 saturated carbocycles. The van der Waals surface area contributed by atoms with Crippen LogP contribution in [0.2, 0.25) is 0 Å². The fraction of sp³-hybridized carbons (Fsp3) is 0.0833. The standard InChI is InChI=1S/C12H10N2O3S2/c15-10(6-8-2-1-5-18-8)14-12-13-7-9(19-12)3-4-11(16)17/h1-5,7H,6H2,(H,16,17)(H,13,14,15). The molecule has 7 heteroatoms. The number of carboxylic acids is 1. The van der Waals surface area contributed by atoms with Gasteiger partial charge in [0, 0.05) is 22.0 Å². The van der Waals surface area contributed by atoms with Gasteiger partial charge in [-0.15, -0.1) is 11.3 Å². The van der Waals surface area contributed by atoms with Gasteiger partial charge in [0.2, 0.25) is 5.91 Å². The lowest BCUT2D eigenvalue weighted by Crippen LogP contribution is -2.13. The Kier molecular flexibility index (Phi) is 4.43. The first kappa shape index (κ1) is 13.4. The summed E-state index contributed by atoms with van der Waals surface area (Å²) in [5.41, 5.74) is 0. The van der Waals surface area contributed by atoms with Crippen LogP contribution in [-0.2, 0) is 16.0 Å². The molecule has 0 saturated heterocycles. The molecule has 0 aliphatic carbocycles. The van der Waals surface area contributed by atoms with Crippen molar-refractivity contribution >= 4 is 45.8 Å². The van der Waals surface area contributed by atoms with Crippen LogP contribution in [0.4, 0.5) is 5.13 Å². The van der Waals surface area contributed by atoms with Gasteiger partial charge in [-0.05, 0) is 17.5 Å². The Morgan fingerprint density at radius 2 is 2.32 bits per heavy atom. The molecule has 0 aromatic carbocycles. The summed E-state index contributed by atoms with van der Waals surface area (Å²) in [5, 5.41) is 13.6. The SMILES string of the molecule is O=C(O)C=Cc1cnc(NC(=O)Cc2cccs2)s1. The Balaban J connectivity index is 1.92. The smallest absolute Gasteiger partial charge is 0.328 e. The second-order valence-corrected chi connectivity index (χ2v) is 5.64. The monoisotopic (exact) mass is 294 g/mol. The van der Waals surface area contributed by atoms with Crippen LogP contribution in [0.5, 0.6) is 0 Å². The summed E-state index contributed by atoms with van der Waals surface area (Å²) < 4.78 is 0. The average Bonchev–Trinajstić information content (AvgIpc) is 2.98. The van der Waals surface area contributed by atoms with Gasteiger partial charge in [-0.3, -0.25) is 4.79 Å². The van der Waals surface area contributed by atoms with Gasteiger partial charge in [0.15, 0.2) is 5.13 Å². The fourth-order valence-corrected chi connectivity index (χ4v) is 2.75. The Labute approximate surface area is 117 Å². The van der Waals surface area contributed by atoms with Gasteiger partial charge >= 0.3 is 5.97 Å². The Morgan fingerprint density at radius 3 is 3.00 bits per heavy atom. The van der Waals surface area contributed by atoms with Crippen molar-refractivity contribution in [3.05, 3.63) is 39.5 Å². The van der Waals surface area contributed by atoms with Crippen LogP contribution in [0.15, 0.2) is 29.8 Å². The minimum Gasteiger partial charge on any atom is -0.478 e. The highest BCUT2D eigenvalue weighted by Gasteiger charge is 2.07. The maximum absolute atomic E-state index is 11.7. The van der Waals surface area contributed by atoms with E-state index in [-0.39, 0.29) is 5.91 Å². The Hall–Kier alpha value is -1.99. The molecule has 19 heavy (non-hydrogen) atoms. The van der Waals surface area contributed by atoms with Crippen molar-refractivity contribution in [3.8, 4) is 0 Å². The number of nitrogens with zero attached hydrogens (tertiary/aromatic N) is 1. The molecule has 2 aromatic rings. The first-order valence-electron chi connectivity index (χ1n) is 5.32. The highest BCUT2D eigenvalue weighted by atomic mass is 32.1. The summed E-state index contributed by atoms with van der Waals surface area (Å²) in [6.45, 7) is 0. The summed E-state index contributed by atoms with van der Waals surface area (Å²) in [6, 6.07) is 3.79. The van der Waals surface area contributed by atoms with E-state index in [2.05, 4.69) is 10.3 Å². The summed E-state index contributed by atoms with van der Waals surface area (Å²) in [4.78, 5) is 27.7. The van der Waals surface area contributed by atoms with E-state index in [1.807, 2.05) is 17.5 Å². The number of thiazole rings is 1. The number of carboxylic acid groups (broad SMARTS) is 1. The fourth-order valence-electron chi connectivity index (χ4n) is 1.31. The van der Waals surface area contributed by atoms with E-state index in [4.69, 9.17) is 5.11 Å². The normalized spacial score (nSPS) is 10.7. The molecule has 0 bridgehead atoms. The second kappa shape index (κ2) is 6.26. The zero-order chi connectivity index (χ0) is 13.7. The molecule has 2 aromatic heterocycles. The Morgan fingerprint density at radius 1 is 1.47 bits per heavy atom. The molecule has 0 spiro atoms. The van der Waals surface area contributed by atoms with Gasteiger partial charge in [0.1, 0.15) is 0 Å². The van der Waals surface area contributed by atoms with E-state index in [1.165, 1.54) is 34.9 Å². The van der Waals surface area contributed by atoms with Crippen LogP contribution in [0.1, 0.15) is 9.75 Å². The number of amides is 1. The molecular weight excluding hydrogens is 284 g/mol. The molecule has 98 valence electrons. The summed E-state index contributed by atoms with van der Waals surface area (Å²) in [6.07, 6.45) is 4.31. The molecule has 5 nitrogen and oxygen atoms in total. The summed E-state index contributed by atoms with van der Waals surface area (Å²) in [7, 11) is 0. The van der Waals surface area contributed by atoms with E-state index in [9.17, 15) is 9.59 Å². The van der Waals surface area contributed by atoms with Crippen molar-refractivity contribution in [2.24, 2.45) is 0 Å². The van der Waals surface area contributed by atoms with Crippen LogP contribution < -0.4 is 5.32 Å². The van der Waals surface area contributed by atoms with Crippen LogP contribution in [0.3, 0.4) is 0 Å². The number of hydrogen-bond acceptors (Lipinski definition) is 5. The third kappa shape index (κ3) is 4.31. The van der Waals surface area contributed by atoms with Crippen LogP contribution in [0.25, 0.3) is 6.08 Å². The highest BCUT2D eigenvalue weighted by molar-refractivity contribution is 7.16. The second-order valence-electron chi connectivity index (χ2n) is 3.54. The van der Waals surface area contributed by atoms with Crippen molar-refractivity contribution in [3.63, 3.8) is 0 Å². The lowest BCUT2D eigenvalue weighted by molar-refractivity contribution is -0.131. The molecule has 0 aliphatic rings. The molecule has 0 unspecified atom stereocenters. The van der Waals surface area contributed by atoms with Gasteiger partial charge in [0.25, 0.3) is 0 Å². The van der Waals surface area contributed by atoms with Gasteiger partial charge in [-0.1, -0.05) is 17.4 Å².